The second-order valence-electron chi connectivity index (χ2n) is 8.80. The molecular formula is C29H26N4O2S3. The molecular weight excluding hydrogens is 533 g/mol. The van der Waals surface area contributed by atoms with E-state index in [0.29, 0.717) is 31.7 Å². The van der Waals surface area contributed by atoms with Crippen LogP contribution in [0.4, 0.5) is 0 Å². The summed E-state index contributed by atoms with van der Waals surface area (Å²) in [5.41, 5.74) is 5.18. The zero-order valence-electron chi connectivity index (χ0n) is 21.0. The van der Waals surface area contributed by atoms with Gasteiger partial charge in [-0.25, -0.2) is 4.98 Å². The number of carbonyl (C=O) groups is 1. The number of nitrogens with one attached hydrogen (secondary N) is 1. The molecule has 0 saturated carbocycles. The average Bonchev–Trinajstić information content (AvgIpc) is 3.28. The smallest absolute Gasteiger partial charge is 0.278 e. The summed E-state index contributed by atoms with van der Waals surface area (Å²) in [6, 6.07) is 25.6. The van der Waals surface area contributed by atoms with Crippen molar-refractivity contribution in [1.82, 2.24) is 19.4 Å². The van der Waals surface area contributed by atoms with Crippen LogP contribution in [0.5, 0.6) is 0 Å². The molecule has 0 saturated heterocycles. The molecule has 0 spiro atoms. The van der Waals surface area contributed by atoms with Crippen LogP contribution in [0.15, 0.2) is 88.8 Å². The van der Waals surface area contributed by atoms with Gasteiger partial charge >= 0.3 is 0 Å². The van der Waals surface area contributed by atoms with Crippen LogP contribution >= 0.6 is 35.3 Å². The lowest BCUT2D eigenvalue weighted by atomic mass is 10.1. The summed E-state index contributed by atoms with van der Waals surface area (Å²) in [5.74, 6) is -0.0202. The van der Waals surface area contributed by atoms with Crippen molar-refractivity contribution < 1.29 is 4.79 Å². The fourth-order valence-electron chi connectivity index (χ4n) is 4.04. The van der Waals surface area contributed by atoms with Crippen molar-refractivity contribution in [3.05, 3.63) is 110 Å². The minimum Gasteiger partial charge on any atom is -0.351 e. The first kappa shape index (κ1) is 26.1. The van der Waals surface area contributed by atoms with Gasteiger partial charge in [-0.2, -0.15) is 0 Å². The van der Waals surface area contributed by atoms with Gasteiger partial charge in [0, 0.05) is 12.2 Å². The number of aryl methyl sites for hydroxylation is 2. The summed E-state index contributed by atoms with van der Waals surface area (Å²) in [7, 11) is 0. The number of thiazole rings is 1. The molecule has 38 heavy (non-hydrogen) atoms. The number of rotatable bonds is 8. The van der Waals surface area contributed by atoms with E-state index in [-0.39, 0.29) is 17.2 Å². The summed E-state index contributed by atoms with van der Waals surface area (Å²) in [5, 5.41) is 3.38. The lowest BCUT2D eigenvalue weighted by molar-refractivity contribution is -0.118. The fourth-order valence-corrected chi connectivity index (χ4v) is 6.18. The number of amides is 1. The Morgan fingerprint density at radius 1 is 0.947 bits per heavy atom. The zero-order valence-corrected chi connectivity index (χ0v) is 23.5. The average molecular weight is 559 g/mol. The molecule has 3 aromatic carbocycles. The lowest BCUT2D eigenvalue weighted by Gasteiger charge is -2.13. The Hall–Kier alpha value is -3.53. The number of thioether (sulfide) groups is 1. The van der Waals surface area contributed by atoms with E-state index in [9.17, 15) is 9.59 Å². The number of nitrogens with zero attached hydrogens (tertiary/aromatic N) is 3. The Morgan fingerprint density at radius 3 is 2.29 bits per heavy atom. The van der Waals surface area contributed by atoms with Crippen molar-refractivity contribution in [2.75, 3.05) is 5.75 Å². The molecule has 6 nitrogen and oxygen atoms in total. The predicted molar refractivity (Wildman–Crippen MR) is 159 cm³/mol. The quantitative estimate of drug-likeness (QED) is 0.139. The van der Waals surface area contributed by atoms with E-state index in [0.717, 1.165) is 23.2 Å². The molecule has 5 rings (SSSR count). The van der Waals surface area contributed by atoms with Crippen LogP contribution in [0.1, 0.15) is 23.6 Å². The number of hydrogen-bond acceptors (Lipinski definition) is 6. The van der Waals surface area contributed by atoms with Crippen molar-refractivity contribution in [2.45, 2.75) is 32.0 Å². The summed E-state index contributed by atoms with van der Waals surface area (Å²) in [6.07, 6.45) is 0.933. The van der Waals surface area contributed by atoms with E-state index in [1.165, 1.54) is 28.7 Å². The molecule has 0 aliphatic heterocycles. The second-order valence-corrected chi connectivity index (χ2v) is 11.4. The van der Waals surface area contributed by atoms with Crippen LogP contribution in [0.3, 0.4) is 0 Å². The Labute approximate surface area is 234 Å². The number of fused-ring (bicyclic) bond motifs is 1. The van der Waals surface area contributed by atoms with Gasteiger partial charge in [-0.1, -0.05) is 90.2 Å². The first-order valence-corrected chi connectivity index (χ1v) is 14.4. The predicted octanol–water partition coefficient (Wildman–Crippen LogP) is 6.25. The Balaban J connectivity index is 1.55. The highest BCUT2D eigenvalue weighted by molar-refractivity contribution is 7.99. The lowest BCUT2D eigenvalue weighted by Crippen LogP contribution is -2.26. The minimum absolute atomic E-state index is 0.118. The third-order valence-electron chi connectivity index (χ3n) is 6.14. The summed E-state index contributed by atoms with van der Waals surface area (Å²) in [6.45, 7) is 4.54. The monoisotopic (exact) mass is 558 g/mol. The summed E-state index contributed by atoms with van der Waals surface area (Å²) < 4.78 is 4.45. The molecule has 0 unspecified atom stereocenters. The van der Waals surface area contributed by atoms with Gasteiger partial charge in [0.05, 0.1) is 11.4 Å². The second kappa shape index (κ2) is 11.5. The zero-order chi connectivity index (χ0) is 26.6. The molecule has 2 aromatic heterocycles. The number of aromatic nitrogens is 3. The van der Waals surface area contributed by atoms with E-state index in [4.69, 9.17) is 17.2 Å². The number of benzene rings is 3. The topological polar surface area (TPSA) is 68.9 Å². The minimum atomic E-state index is -0.203. The van der Waals surface area contributed by atoms with Gasteiger partial charge in [0.25, 0.3) is 5.56 Å². The van der Waals surface area contributed by atoms with Crippen LogP contribution < -0.4 is 10.9 Å². The van der Waals surface area contributed by atoms with Crippen molar-refractivity contribution in [3.8, 4) is 11.4 Å². The first-order valence-electron chi connectivity index (χ1n) is 12.2. The highest BCUT2D eigenvalue weighted by Crippen LogP contribution is 2.27. The molecule has 0 aliphatic rings. The van der Waals surface area contributed by atoms with E-state index >= 15 is 0 Å². The molecule has 0 bridgehead atoms. The molecule has 5 aromatic rings. The van der Waals surface area contributed by atoms with Crippen molar-refractivity contribution in [2.24, 2.45) is 0 Å². The molecule has 192 valence electrons. The highest BCUT2D eigenvalue weighted by Gasteiger charge is 2.20. The van der Waals surface area contributed by atoms with Crippen LogP contribution in [-0.2, 0) is 17.8 Å². The number of hydrogen-bond donors (Lipinski definition) is 1. The third-order valence-corrected chi connectivity index (χ3v) is 8.43. The largest absolute Gasteiger partial charge is 0.351 e. The van der Waals surface area contributed by atoms with Crippen LogP contribution in [0.25, 0.3) is 21.7 Å². The Kier molecular flexibility index (Phi) is 7.87. The normalized spacial score (nSPS) is 11.1. The maximum absolute atomic E-state index is 13.8. The maximum Gasteiger partial charge on any atom is 0.278 e. The van der Waals surface area contributed by atoms with Crippen LogP contribution in [0, 0.1) is 10.9 Å². The molecule has 0 radical (unpaired) electrons. The van der Waals surface area contributed by atoms with Crippen LogP contribution in [-0.4, -0.2) is 25.8 Å². The van der Waals surface area contributed by atoms with Gasteiger partial charge in [-0.15, -0.1) is 0 Å². The van der Waals surface area contributed by atoms with Gasteiger partial charge in [0.2, 0.25) is 5.91 Å². The van der Waals surface area contributed by atoms with Gasteiger partial charge in [-0.05, 0) is 61.0 Å². The fraction of sp³-hybridized carbons (Fsp3) is 0.172. The SMILES string of the molecule is CCc1ccc(-n2c(=S)sc3c(=O)n(-c4ccc(C)cc4)c(SCC(=O)NCc4ccccc4)nc32)cc1. The van der Waals surface area contributed by atoms with Gasteiger partial charge in [0.15, 0.2) is 14.8 Å². The molecule has 0 atom stereocenters. The summed E-state index contributed by atoms with van der Waals surface area (Å²) >= 11 is 8.17. The van der Waals surface area contributed by atoms with Crippen LogP contribution in [0.2, 0.25) is 0 Å². The van der Waals surface area contributed by atoms with Crippen molar-refractivity contribution >= 4 is 51.6 Å². The molecule has 0 aliphatic carbocycles. The molecule has 1 N–H and O–H groups in total. The van der Waals surface area contributed by atoms with E-state index in [2.05, 4.69) is 24.4 Å². The number of carbonyl (C=O) groups excluding carboxylic acids is 1. The maximum atomic E-state index is 13.8. The van der Waals surface area contributed by atoms with Crippen molar-refractivity contribution in [1.29, 1.82) is 0 Å². The van der Waals surface area contributed by atoms with E-state index in [1.807, 2.05) is 78.2 Å². The van der Waals surface area contributed by atoms with Gasteiger partial charge in [0.1, 0.15) is 4.70 Å². The molecule has 1 amide bonds. The standard InChI is InChI=1S/C29H26N4O2S3/c1-3-20-11-15-22(16-12-20)32-26-25(38-29(32)36)27(35)33(23-13-9-19(2)10-14-23)28(31-26)37-18-24(34)30-17-21-7-5-4-6-8-21/h4-16H,3,17-18H2,1-2H3,(H,30,34). The van der Waals surface area contributed by atoms with Gasteiger partial charge < -0.3 is 5.32 Å². The molecule has 2 heterocycles. The van der Waals surface area contributed by atoms with Crippen molar-refractivity contribution in [3.63, 3.8) is 0 Å². The Morgan fingerprint density at radius 2 is 1.61 bits per heavy atom. The summed E-state index contributed by atoms with van der Waals surface area (Å²) in [4.78, 5) is 31.5. The highest BCUT2D eigenvalue weighted by atomic mass is 32.2. The third kappa shape index (κ3) is 5.50. The first-order chi connectivity index (χ1) is 18.4. The van der Waals surface area contributed by atoms with Gasteiger partial charge in [-0.3, -0.25) is 18.7 Å². The molecule has 9 heteroatoms. The molecule has 0 fully saturated rings. The van der Waals surface area contributed by atoms with E-state index < -0.39 is 0 Å². The Bertz CT molecular complexity index is 1700. The van der Waals surface area contributed by atoms with E-state index in [1.54, 1.807) is 4.57 Å².